The Labute approximate surface area is 99.9 Å². The first-order valence-electron chi connectivity index (χ1n) is 5.08. The zero-order valence-corrected chi connectivity index (χ0v) is 9.94. The number of aromatic nitrogens is 2. The van der Waals surface area contributed by atoms with Crippen LogP contribution in [0.15, 0.2) is 24.8 Å². The van der Waals surface area contributed by atoms with Gasteiger partial charge in [0, 0.05) is 13.1 Å². The molecule has 0 spiro atoms. The summed E-state index contributed by atoms with van der Waals surface area (Å²) in [4.78, 5) is 13.6. The maximum Gasteiger partial charge on any atom is 0.274 e. The van der Waals surface area contributed by atoms with Crippen LogP contribution in [0.3, 0.4) is 0 Å². The molecule has 0 aliphatic carbocycles. The van der Waals surface area contributed by atoms with E-state index in [9.17, 15) is 4.79 Å². The van der Waals surface area contributed by atoms with Crippen LogP contribution < -0.4 is 0 Å². The highest BCUT2D eigenvalue weighted by Gasteiger charge is 2.15. The van der Waals surface area contributed by atoms with E-state index in [1.807, 2.05) is 6.92 Å². The molecule has 0 fully saturated rings. The number of hydrogen-bond acceptors (Lipinski definition) is 3. The van der Waals surface area contributed by atoms with Crippen molar-refractivity contribution in [3.8, 4) is 0 Å². The minimum atomic E-state index is -0.147. The zero-order valence-electron chi connectivity index (χ0n) is 9.19. The van der Waals surface area contributed by atoms with Gasteiger partial charge in [-0.25, -0.2) is 0 Å². The summed E-state index contributed by atoms with van der Waals surface area (Å²) >= 11 is 5.60. The molecule has 0 N–H and O–H groups in total. The van der Waals surface area contributed by atoms with Gasteiger partial charge < -0.3 is 4.90 Å². The first-order valence-corrected chi connectivity index (χ1v) is 5.46. The largest absolute Gasteiger partial charge is 0.334 e. The molecule has 4 nitrogen and oxygen atoms in total. The first kappa shape index (κ1) is 12.6. The number of amides is 1. The Hall–Kier alpha value is -1.42. The molecule has 0 saturated heterocycles. The molecule has 1 aromatic heterocycles. The number of rotatable bonds is 5. The van der Waals surface area contributed by atoms with Crippen LogP contribution in [0.1, 0.15) is 23.8 Å². The Morgan fingerprint density at radius 2 is 2.31 bits per heavy atom. The molecule has 5 heteroatoms. The molecule has 86 valence electrons. The molecule has 0 saturated carbocycles. The van der Waals surface area contributed by atoms with Gasteiger partial charge in [-0.3, -0.25) is 4.79 Å². The second-order valence-electron chi connectivity index (χ2n) is 3.28. The van der Waals surface area contributed by atoms with E-state index < -0.39 is 0 Å². The maximum atomic E-state index is 12.0. The third-order valence-electron chi connectivity index (χ3n) is 1.98. The summed E-state index contributed by atoms with van der Waals surface area (Å²) in [5.41, 5.74) is 0.305. The van der Waals surface area contributed by atoms with E-state index in [-0.39, 0.29) is 11.1 Å². The average Bonchev–Trinajstić information content (AvgIpc) is 2.29. The third-order valence-corrected chi connectivity index (χ3v) is 2.18. The van der Waals surface area contributed by atoms with Crippen molar-refractivity contribution >= 4 is 17.5 Å². The lowest BCUT2D eigenvalue weighted by Crippen LogP contribution is -2.32. The Morgan fingerprint density at radius 1 is 1.56 bits per heavy atom. The van der Waals surface area contributed by atoms with Crippen molar-refractivity contribution in [2.45, 2.75) is 13.3 Å². The van der Waals surface area contributed by atoms with Crippen molar-refractivity contribution in [3.05, 3.63) is 35.6 Å². The molecule has 0 aliphatic heterocycles. The summed E-state index contributed by atoms with van der Waals surface area (Å²) in [7, 11) is 0. The van der Waals surface area contributed by atoms with Crippen LogP contribution in [0.5, 0.6) is 0 Å². The number of carbonyl (C=O) groups is 1. The third kappa shape index (κ3) is 3.31. The number of hydrogen-bond donors (Lipinski definition) is 0. The van der Waals surface area contributed by atoms with Gasteiger partial charge in [0.1, 0.15) is 0 Å². The summed E-state index contributed by atoms with van der Waals surface area (Å²) < 4.78 is 0. The Morgan fingerprint density at radius 3 is 2.81 bits per heavy atom. The first-order chi connectivity index (χ1) is 7.69. The molecule has 1 aromatic rings. The highest BCUT2D eigenvalue weighted by Crippen LogP contribution is 2.06. The summed E-state index contributed by atoms with van der Waals surface area (Å²) in [6.07, 6.45) is 2.58. The highest BCUT2D eigenvalue weighted by molar-refractivity contribution is 6.29. The lowest BCUT2D eigenvalue weighted by atomic mass is 10.3. The van der Waals surface area contributed by atoms with Gasteiger partial charge in [-0.2, -0.15) is 0 Å². The molecule has 0 radical (unpaired) electrons. The second kappa shape index (κ2) is 6.23. The van der Waals surface area contributed by atoms with E-state index in [1.54, 1.807) is 23.1 Å². The van der Waals surface area contributed by atoms with Crippen LogP contribution in [0.4, 0.5) is 0 Å². The van der Waals surface area contributed by atoms with E-state index >= 15 is 0 Å². The fraction of sp³-hybridized carbons (Fsp3) is 0.364. The van der Waals surface area contributed by atoms with Crippen molar-refractivity contribution in [3.63, 3.8) is 0 Å². The minimum Gasteiger partial charge on any atom is -0.334 e. The summed E-state index contributed by atoms with van der Waals surface area (Å²) in [6, 6.07) is 3.13. The topological polar surface area (TPSA) is 46.1 Å². The summed E-state index contributed by atoms with van der Waals surface area (Å²) in [5.74, 6) is -0.147. The fourth-order valence-corrected chi connectivity index (χ4v) is 1.39. The number of halogens is 1. The molecule has 1 rings (SSSR count). The maximum absolute atomic E-state index is 12.0. The average molecular weight is 240 g/mol. The van der Waals surface area contributed by atoms with Crippen molar-refractivity contribution in [2.75, 3.05) is 13.1 Å². The minimum absolute atomic E-state index is 0.147. The van der Waals surface area contributed by atoms with Gasteiger partial charge in [0.2, 0.25) is 0 Å². The normalized spacial score (nSPS) is 9.88. The van der Waals surface area contributed by atoms with Crippen LogP contribution in [0, 0.1) is 0 Å². The van der Waals surface area contributed by atoms with Crippen molar-refractivity contribution in [2.24, 2.45) is 0 Å². The Balaban J connectivity index is 2.80. The number of carbonyl (C=O) groups excluding carboxylic acids is 1. The zero-order chi connectivity index (χ0) is 12.0. The van der Waals surface area contributed by atoms with E-state index in [0.29, 0.717) is 18.8 Å². The van der Waals surface area contributed by atoms with Gasteiger partial charge in [-0.15, -0.1) is 16.8 Å². The van der Waals surface area contributed by atoms with Crippen LogP contribution >= 0.6 is 11.6 Å². The number of nitrogens with zero attached hydrogens (tertiary/aromatic N) is 3. The molecule has 0 aromatic carbocycles. The van der Waals surface area contributed by atoms with Gasteiger partial charge in [-0.1, -0.05) is 24.6 Å². The van der Waals surface area contributed by atoms with E-state index in [4.69, 9.17) is 11.6 Å². The monoisotopic (exact) mass is 239 g/mol. The van der Waals surface area contributed by atoms with Gasteiger partial charge in [0.15, 0.2) is 10.8 Å². The molecule has 1 heterocycles. The quantitative estimate of drug-likeness (QED) is 0.740. The molecule has 1 amide bonds. The van der Waals surface area contributed by atoms with Gasteiger partial charge in [0.25, 0.3) is 5.91 Å². The molecule has 0 unspecified atom stereocenters. The van der Waals surface area contributed by atoms with Crippen molar-refractivity contribution in [1.29, 1.82) is 0 Å². The second-order valence-corrected chi connectivity index (χ2v) is 3.67. The summed E-state index contributed by atoms with van der Waals surface area (Å²) in [5, 5.41) is 7.68. The Kier molecular flexibility index (Phi) is 4.92. The van der Waals surface area contributed by atoms with Gasteiger partial charge >= 0.3 is 0 Å². The molecule has 0 atom stereocenters. The molecular weight excluding hydrogens is 226 g/mol. The van der Waals surface area contributed by atoms with Crippen molar-refractivity contribution in [1.82, 2.24) is 15.1 Å². The van der Waals surface area contributed by atoms with Gasteiger partial charge in [0.05, 0.1) is 0 Å². The standard InChI is InChI=1S/C11H14ClN3O/c1-3-7-15(8-4-2)11(16)9-5-6-10(12)14-13-9/h3,5-6H,1,4,7-8H2,2H3. The van der Waals surface area contributed by atoms with E-state index in [0.717, 1.165) is 6.42 Å². The van der Waals surface area contributed by atoms with E-state index in [1.165, 1.54) is 0 Å². The summed E-state index contributed by atoms with van der Waals surface area (Å²) in [6.45, 7) is 6.82. The lowest BCUT2D eigenvalue weighted by molar-refractivity contribution is 0.0767. The van der Waals surface area contributed by atoms with Crippen molar-refractivity contribution < 1.29 is 4.79 Å². The SMILES string of the molecule is C=CCN(CCC)C(=O)c1ccc(Cl)nn1. The Bertz CT molecular complexity index is 364. The molecule has 0 aliphatic rings. The van der Waals surface area contributed by atoms with Crippen LogP contribution in [-0.4, -0.2) is 34.1 Å². The molecule has 0 bridgehead atoms. The van der Waals surface area contributed by atoms with E-state index in [2.05, 4.69) is 16.8 Å². The smallest absolute Gasteiger partial charge is 0.274 e. The van der Waals surface area contributed by atoms with Crippen LogP contribution in [0.2, 0.25) is 5.15 Å². The molecular formula is C11H14ClN3O. The molecule has 16 heavy (non-hydrogen) atoms. The van der Waals surface area contributed by atoms with Gasteiger partial charge in [-0.05, 0) is 18.6 Å². The predicted molar refractivity (Wildman–Crippen MR) is 63.4 cm³/mol. The highest BCUT2D eigenvalue weighted by atomic mass is 35.5. The van der Waals surface area contributed by atoms with Crippen LogP contribution in [-0.2, 0) is 0 Å². The lowest BCUT2D eigenvalue weighted by Gasteiger charge is -2.19. The fourth-order valence-electron chi connectivity index (χ4n) is 1.29. The predicted octanol–water partition coefficient (Wildman–Crippen LogP) is 2.17. The van der Waals surface area contributed by atoms with Crippen LogP contribution in [0.25, 0.3) is 0 Å².